The molecule has 1 aliphatic rings. The van der Waals surface area contributed by atoms with Crippen molar-refractivity contribution in [3.8, 4) is 11.3 Å². The van der Waals surface area contributed by atoms with Crippen molar-refractivity contribution in [2.75, 3.05) is 13.1 Å². The van der Waals surface area contributed by atoms with Crippen LogP contribution in [0.2, 0.25) is 0 Å². The predicted octanol–water partition coefficient (Wildman–Crippen LogP) is 6.99. The fourth-order valence-electron chi connectivity index (χ4n) is 5.76. The Labute approximate surface area is 246 Å². The average molecular weight is 572 g/mol. The number of carbonyl (C=O) groups excluding carboxylic acids is 1. The molecule has 1 aliphatic carbocycles. The second-order valence-electron chi connectivity index (χ2n) is 14.2. The number of benzene rings is 1. The highest BCUT2D eigenvalue weighted by molar-refractivity contribution is 7.89. The van der Waals surface area contributed by atoms with Gasteiger partial charge in [0.15, 0.2) is 4.90 Å². The van der Waals surface area contributed by atoms with Crippen LogP contribution in [-0.4, -0.2) is 48.7 Å². The van der Waals surface area contributed by atoms with Crippen molar-refractivity contribution in [2.45, 2.75) is 129 Å². The smallest absolute Gasteiger partial charge is 0.253 e. The summed E-state index contributed by atoms with van der Waals surface area (Å²) in [6.07, 6.45) is 6.24. The molecule has 1 aromatic heterocycles. The summed E-state index contributed by atoms with van der Waals surface area (Å²) in [5.41, 5.74) is 3.26. The quantitative estimate of drug-likeness (QED) is 0.318. The van der Waals surface area contributed by atoms with E-state index in [1.54, 1.807) is 13.8 Å². The summed E-state index contributed by atoms with van der Waals surface area (Å²) in [6.45, 7) is 22.0. The number of hydrogen-bond acceptors (Lipinski definition) is 4. The monoisotopic (exact) mass is 571 g/mol. The van der Waals surface area contributed by atoms with Gasteiger partial charge in [0, 0.05) is 36.6 Å². The number of rotatable bonds is 9. The first-order chi connectivity index (χ1) is 18.4. The van der Waals surface area contributed by atoms with Crippen molar-refractivity contribution in [1.82, 2.24) is 14.2 Å². The van der Waals surface area contributed by atoms with Gasteiger partial charge in [-0.2, -0.15) is 0 Å². The molecule has 1 saturated carbocycles. The van der Waals surface area contributed by atoms with Gasteiger partial charge in [-0.05, 0) is 102 Å². The summed E-state index contributed by atoms with van der Waals surface area (Å²) in [6, 6.07) is 8.30. The van der Waals surface area contributed by atoms with E-state index < -0.39 is 17.0 Å². The fraction of sp³-hybridized carbons (Fsp3) is 0.667. The zero-order valence-corrected chi connectivity index (χ0v) is 27.4. The Hall–Kier alpha value is -1.80. The van der Waals surface area contributed by atoms with E-state index in [9.17, 15) is 14.5 Å². The Kier molecular flexibility index (Phi) is 10.3. The van der Waals surface area contributed by atoms with Gasteiger partial charge < -0.3 is 19.5 Å². The predicted molar refractivity (Wildman–Crippen MR) is 167 cm³/mol. The molecular weight excluding hydrogens is 518 g/mol. The maximum absolute atomic E-state index is 13.9. The Morgan fingerprint density at radius 1 is 1.07 bits per heavy atom. The van der Waals surface area contributed by atoms with Gasteiger partial charge in [0.2, 0.25) is 0 Å². The highest BCUT2D eigenvalue weighted by Gasteiger charge is 2.36. The van der Waals surface area contributed by atoms with Crippen LogP contribution in [0, 0.1) is 12.8 Å². The fourth-order valence-corrected chi connectivity index (χ4v) is 7.46. The summed E-state index contributed by atoms with van der Waals surface area (Å²) >= 11 is -1.30. The third kappa shape index (κ3) is 7.93. The normalized spacial score (nSPS) is 16.4. The van der Waals surface area contributed by atoms with E-state index in [1.165, 1.54) is 32.1 Å². The van der Waals surface area contributed by atoms with E-state index in [0.29, 0.717) is 18.0 Å². The molecule has 7 heteroatoms. The largest absolute Gasteiger partial charge is 0.593 e. The summed E-state index contributed by atoms with van der Waals surface area (Å²) in [5, 5.41) is 13.1. The highest BCUT2D eigenvalue weighted by Crippen LogP contribution is 2.38. The van der Waals surface area contributed by atoms with Gasteiger partial charge in [-0.25, -0.2) is 0 Å². The number of hydrogen-bond donors (Lipinski definition) is 2. The Morgan fingerprint density at radius 2 is 1.70 bits per heavy atom. The van der Waals surface area contributed by atoms with Crippen molar-refractivity contribution < 1.29 is 14.5 Å². The molecular formula is C33H53N3O3S. The van der Waals surface area contributed by atoms with Crippen molar-refractivity contribution in [3.05, 3.63) is 41.1 Å². The first-order valence-corrected chi connectivity index (χ1v) is 16.1. The molecule has 0 bridgehead atoms. The molecule has 6 nitrogen and oxygen atoms in total. The number of aliphatic hydroxyl groups is 1. The van der Waals surface area contributed by atoms with Gasteiger partial charge >= 0.3 is 0 Å². The number of nitrogens with zero attached hydrogens (tertiary/aromatic N) is 2. The van der Waals surface area contributed by atoms with E-state index in [2.05, 4.69) is 70.5 Å². The van der Waals surface area contributed by atoms with Gasteiger partial charge in [-0.3, -0.25) is 4.79 Å². The highest BCUT2D eigenvalue weighted by atomic mass is 32.2. The van der Waals surface area contributed by atoms with Crippen LogP contribution in [-0.2, 0) is 23.3 Å². The Balaban J connectivity index is 2.13. The lowest BCUT2D eigenvalue weighted by Gasteiger charge is -2.35. The van der Waals surface area contributed by atoms with Gasteiger partial charge in [0.1, 0.15) is 0 Å². The minimum Gasteiger partial charge on any atom is -0.593 e. The summed E-state index contributed by atoms with van der Waals surface area (Å²) < 4.78 is 18.3. The zero-order chi connectivity index (χ0) is 30.0. The van der Waals surface area contributed by atoms with Crippen LogP contribution in [0.4, 0.5) is 0 Å². The average Bonchev–Trinajstić information content (AvgIpc) is 3.17. The molecule has 1 fully saturated rings. The maximum Gasteiger partial charge on any atom is 0.253 e. The van der Waals surface area contributed by atoms with Crippen molar-refractivity contribution >= 4 is 17.3 Å². The molecule has 0 aliphatic heterocycles. The molecule has 1 unspecified atom stereocenters. The molecule has 40 heavy (non-hydrogen) atoms. The molecule has 0 saturated heterocycles. The lowest BCUT2D eigenvalue weighted by Crippen LogP contribution is -2.45. The van der Waals surface area contributed by atoms with Crippen LogP contribution in [0.25, 0.3) is 11.3 Å². The van der Waals surface area contributed by atoms with Crippen LogP contribution in [0.15, 0.2) is 29.2 Å². The van der Waals surface area contributed by atoms with Gasteiger partial charge in [0.25, 0.3) is 5.91 Å². The maximum atomic E-state index is 13.9. The molecule has 3 rings (SSSR count). The van der Waals surface area contributed by atoms with Crippen LogP contribution in [0.1, 0.15) is 116 Å². The van der Waals surface area contributed by atoms with Crippen LogP contribution in [0.3, 0.4) is 0 Å². The second-order valence-corrected chi connectivity index (χ2v) is 15.6. The molecule has 1 aromatic carbocycles. The number of amides is 1. The molecule has 1 amide bonds. The first-order valence-electron chi connectivity index (χ1n) is 15.0. The standard InChI is InChI=1S/C33H53N3O3S/c1-11-36(32(6,7)8)40(39)29-18-17-25(19-27(29)31(3,4)5)28-20-26(30(37)34-22-33(9,10)38)23(2)35(28)21-24-15-13-12-14-16-24/h17-20,24,38H,11-16,21-22H2,1-10H3,(H,34,37). The minimum absolute atomic E-state index is 0.166. The van der Waals surface area contributed by atoms with E-state index in [0.717, 1.165) is 34.0 Å². The topological polar surface area (TPSA) is 80.6 Å². The van der Waals surface area contributed by atoms with Crippen molar-refractivity contribution in [1.29, 1.82) is 0 Å². The summed E-state index contributed by atoms with van der Waals surface area (Å²) in [7, 11) is 0. The summed E-state index contributed by atoms with van der Waals surface area (Å²) in [4.78, 5) is 14.1. The molecule has 224 valence electrons. The summed E-state index contributed by atoms with van der Waals surface area (Å²) in [5.74, 6) is 0.422. The Bertz CT molecular complexity index is 1160. The molecule has 2 N–H and O–H groups in total. The molecule has 0 radical (unpaired) electrons. The third-order valence-corrected chi connectivity index (χ3v) is 9.90. The van der Waals surface area contributed by atoms with E-state index >= 15 is 0 Å². The molecule has 1 atom stereocenters. The number of nitrogens with one attached hydrogen (secondary N) is 1. The third-order valence-electron chi connectivity index (χ3n) is 7.97. The van der Waals surface area contributed by atoms with Crippen LogP contribution < -0.4 is 5.32 Å². The van der Waals surface area contributed by atoms with Crippen molar-refractivity contribution in [2.24, 2.45) is 5.92 Å². The second kappa shape index (κ2) is 12.6. The lowest BCUT2D eigenvalue weighted by molar-refractivity contribution is 0.0694. The number of carbonyl (C=O) groups is 1. The lowest BCUT2D eigenvalue weighted by atomic mass is 9.85. The molecule has 0 spiro atoms. The SMILES string of the molecule is CCN([S+]([O-])c1ccc(-c2cc(C(=O)NCC(C)(C)O)c(C)n2CC2CCCCC2)cc1C(C)(C)C)C(C)(C)C. The first kappa shape index (κ1) is 32.7. The van der Waals surface area contributed by atoms with E-state index in [-0.39, 0.29) is 23.4 Å². The van der Waals surface area contributed by atoms with Gasteiger partial charge in [-0.1, -0.05) is 40.0 Å². The number of aromatic nitrogens is 1. The van der Waals surface area contributed by atoms with Crippen LogP contribution >= 0.6 is 0 Å². The molecule has 2 aromatic rings. The Morgan fingerprint density at radius 3 is 2.23 bits per heavy atom. The van der Waals surface area contributed by atoms with E-state index in [4.69, 9.17) is 0 Å². The van der Waals surface area contributed by atoms with Gasteiger partial charge in [-0.15, -0.1) is 4.31 Å². The molecule has 1 heterocycles. The van der Waals surface area contributed by atoms with Crippen molar-refractivity contribution in [3.63, 3.8) is 0 Å². The zero-order valence-electron chi connectivity index (χ0n) is 26.6. The van der Waals surface area contributed by atoms with E-state index in [1.807, 2.05) is 23.4 Å². The van der Waals surface area contributed by atoms with Crippen LogP contribution in [0.5, 0.6) is 0 Å². The van der Waals surface area contributed by atoms with Gasteiger partial charge in [0.05, 0.1) is 28.1 Å². The minimum atomic E-state index is -1.30.